The number of H-pyrrole nitrogens is 1. The summed E-state index contributed by atoms with van der Waals surface area (Å²) < 4.78 is 5.21. The smallest absolute Gasteiger partial charge is 0.293 e. The Hall–Kier alpha value is -3.22. The number of aryl methyl sites for hydroxylation is 2. The van der Waals surface area contributed by atoms with Gasteiger partial charge < -0.3 is 14.4 Å². The van der Waals surface area contributed by atoms with E-state index in [1.165, 1.54) is 0 Å². The first-order valence-electron chi connectivity index (χ1n) is 9.97. The molecule has 0 saturated carbocycles. The third kappa shape index (κ3) is 3.85. The lowest BCUT2D eigenvalue weighted by atomic mass is 10.0. The van der Waals surface area contributed by atoms with Gasteiger partial charge >= 0.3 is 0 Å². The Labute approximate surface area is 168 Å². The fraction of sp³-hybridized carbons (Fsp3) is 0.364. The second-order valence-corrected chi connectivity index (χ2v) is 7.37. The number of carbonyl (C=O) groups excluding carboxylic acids is 1. The Morgan fingerprint density at radius 2 is 2.10 bits per heavy atom. The highest BCUT2D eigenvalue weighted by Gasteiger charge is 2.34. The molecule has 1 aliphatic rings. The Morgan fingerprint density at radius 1 is 1.31 bits per heavy atom. The number of aromatic amines is 1. The van der Waals surface area contributed by atoms with E-state index in [0.29, 0.717) is 36.5 Å². The van der Waals surface area contributed by atoms with E-state index in [1.54, 1.807) is 11.0 Å². The van der Waals surface area contributed by atoms with Crippen molar-refractivity contribution in [3.63, 3.8) is 0 Å². The van der Waals surface area contributed by atoms with Gasteiger partial charge in [0.25, 0.3) is 11.5 Å². The van der Waals surface area contributed by atoms with Crippen LogP contribution in [0.25, 0.3) is 0 Å². The maximum Gasteiger partial charge on any atom is 0.293 e. The summed E-state index contributed by atoms with van der Waals surface area (Å²) in [6.45, 7) is 4.40. The lowest BCUT2D eigenvalue weighted by molar-refractivity contribution is 0.0687. The van der Waals surface area contributed by atoms with Gasteiger partial charge in [-0.05, 0) is 31.7 Å². The number of rotatable bonds is 5. The molecule has 0 spiro atoms. The van der Waals surface area contributed by atoms with Gasteiger partial charge in [0.1, 0.15) is 5.82 Å². The van der Waals surface area contributed by atoms with Crippen molar-refractivity contribution in [3.05, 3.63) is 80.9 Å². The predicted octanol–water partition coefficient (Wildman–Crippen LogP) is 3.20. The summed E-state index contributed by atoms with van der Waals surface area (Å²) in [4.78, 5) is 35.0. The molecular formula is C22H24N4O3. The van der Waals surface area contributed by atoms with Gasteiger partial charge in [-0.3, -0.25) is 9.59 Å². The maximum atomic E-state index is 12.9. The minimum absolute atomic E-state index is 0.149. The molecule has 0 aliphatic carbocycles. The van der Waals surface area contributed by atoms with Crippen molar-refractivity contribution in [2.24, 2.45) is 0 Å². The van der Waals surface area contributed by atoms with Crippen LogP contribution in [0, 0.1) is 6.92 Å². The maximum absolute atomic E-state index is 12.9. The number of amides is 1. The highest BCUT2D eigenvalue weighted by molar-refractivity contribution is 5.91. The standard InChI is InChI=1S/C22H24N4O3/c1-3-16-13-19(29-25-16)22(28)26-11-7-10-18(26)20-23-14(2)17(21(27)24-20)12-15-8-5-4-6-9-15/h4-6,8-9,13,18H,3,7,10-12H2,1-2H3,(H,23,24,27). The molecular weight excluding hydrogens is 368 g/mol. The number of nitrogens with zero attached hydrogens (tertiary/aromatic N) is 3. The molecule has 1 aromatic carbocycles. The number of hydrogen-bond acceptors (Lipinski definition) is 5. The topological polar surface area (TPSA) is 92.1 Å². The highest BCUT2D eigenvalue weighted by atomic mass is 16.5. The van der Waals surface area contributed by atoms with Crippen molar-refractivity contribution in [3.8, 4) is 0 Å². The van der Waals surface area contributed by atoms with Gasteiger partial charge in [-0.2, -0.15) is 0 Å². The SMILES string of the molecule is CCc1cc(C(=O)N2CCCC2c2nc(C)c(Cc3ccccc3)c(=O)[nH]2)on1. The van der Waals surface area contributed by atoms with Crippen LogP contribution in [0.3, 0.4) is 0 Å². The average molecular weight is 392 g/mol. The number of carbonyl (C=O) groups is 1. The summed E-state index contributed by atoms with van der Waals surface area (Å²) in [5.74, 6) is 0.548. The van der Waals surface area contributed by atoms with Gasteiger partial charge in [0.2, 0.25) is 5.76 Å². The van der Waals surface area contributed by atoms with Crippen LogP contribution in [0.2, 0.25) is 0 Å². The van der Waals surface area contributed by atoms with Crippen LogP contribution in [0.15, 0.2) is 45.7 Å². The van der Waals surface area contributed by atoms with Crippen molar-refractivity contribution >= 4 is 5.91 Å². The molecule has 2 aromatic heterocycles. The molecule has 150 valence electrons. The Balaban J connectivity index is 1.60. The summed E-state index contributed by atoms with van der Waals surface area (Å²) in [6.07, 6.45) is 2.83. The van der Waals surface area contributed by atoms with Gasteiger partial charge in [-0.1, -0.05) is 42.4 Å². The van der Waals surface area contributed by atoms with Gasteiger partial charge in [0, 0.05) is 30.3 Å². The van der Waals surface area contributed by atoms with Crippen LogP contribution >= 0.6 is 0 Å². The molecule has 1 aliphatic heterocycles. The molecule has 7 nitrogen and oxygen atoms in total. The van der Waals surface area contributed by atoms with Crippen molar-refractivity contribution in [1.29, 1.82) is 0 Å². The zero-order chi connectivity index (χ0) is 20.4. The lowest BCUT2D eigenvalue weighted by Gasteiger charge is -2.23. The van der Waals surface area contributed by atoms with Crippen LogP contribution in [0.4, 0.5) is 0 Å². The predicted molar refractivity (Wildman–Crippen MR) is 108 cm³/mol. The molecule has 1 N–H and O–H groups in total. The molecule has 1 atom stereocenters. The fourth-order valence-electron chi connectivity index (χ4n) is 3.81. The van der Waals surface area contributed by atoms with E-state index < -0.39 is 0 Å². The quantitative estimate of drug-likeness (QED) is 0.720. The molecule has 1 unspecified atom stereocenters. The summed E-state index contributed by atoms with van der Waals surface area (Å²) in [7, 11) is 0. The highest BCUT2D eigenvalue weighted by Crippen LogP contribution is 2.31. The Kier molecular flexibility index (Phi) is 5.29. The number of hydrogen-bond donors (Lipinski definition) is 1. The first-order valence-corrected chi connectivity index (χ1v) is 9.97. The number of nitrogens with one attached hydrogen (secondary N) is 1. The van der Waals surface area contributed by atoms with E-state index in [-0.39, 0.29) is 23.3 Å². The van der Waals surface area contributed by atoms with Gasteiger partial charge in [0.05, 0.1) is 11.7 Å². The van der Waals surface area contributed by atoms with Crippen LogP contribution < -0.4 is 5.56 Å². The van der Waals surface area contributed by atoms with Crippen LogP contribution in [0.1, 0.15) is 64.7 Å². The van der Waals surface area contributed by atoms with E-state index in [4.69, 9.17) is 4.52 Å². The van der Waals surface area contributed by atoms with E-state index >= 15 is 0 Å². The zero-order valence-corrected chi connectivity index (χ0v) is 16.6. The van der Waals surface area contributed by atoms with Crippen LogP contribution in [-0.2, 0) is 12.8 Å². The normalized spacial score (nSPS) is 16.3. The third-order valence-corrected chi connectivity index (χ3v) is 5.43. The van der Waals surface area contributed by atoms with Gasteiger partial charge in [-0.25, -0.2) is 4.98 Å². The minimum atomic E-state index is -0.269. The first kappa shape index (κ1) is 19.1. The molecule has 29 heavy (non-hydrogen) atoms. The summed E-state index contributed by atoms with van der Waals surface area (Å²) in [6, 6.07) is 11.3. The summed E-state index contributed by atoms with van der Waals surface area (Å²) in [5.41, 5.74) is 3.00. The minimum Gasteiger partial charge on any atom is -0.351 e. The lowest BCUT2D eigenvalue weighted by Crippen LogP contribution is -2.33. The number of aromatic nitrogens is 3. The largest absolute Gasteiger partial charge is 0.351 e. The van der Waals surface area contributed by atoms with E-state index in [9.17, 15) is 9.59 Å². The molecule has 1 amide bonds. The average Bonchev–Trinajstić information content (AvgIpc) is 3.40. The van der Waals surface area contributed by atoms with Crippen molar-refractivity contribution in [1.82, 2.24) is 20.0 Å². The van der Waals surface area contributed by atoms with Gasteiger partial charge in [0.15, 0.2) is 0 Å². The molecule has 0 bridgehead atoms. The molecule has 4 rings (SSSR count). The Bertz CT molecular complexity index is 1070. The third-order valence-electron chi connectivity index (χ3n) is 5.43. The second-order valence-electron chi connectivity index (χ2n) is 7.37. The monoisotopic (exact) mass is 392 g/mol. The zero-order valence-electron chi connectivity index (χ0n) is 16.6. The van der Waals surface area contributed by atoms with Crippen LogP contribution in [0.5, 0.6) is 0 Å². The van der Waals surface area contributed by atoms with Crippen molar-refractivity contribution < 1.29 is 9.32 Å². The van der Waals surface area contributed by atoms with E-state index in [1.807, 2.05) is 44.2 Å². The van der Waals surface area contributed by atoms with Crippen molar-refractivity contribution in [2.45, 2.75) is 45.6 Å². The summed E-state index contributed by atoms with van der Waals surface area (Å²) >= 11 is 0. The summed E-state index contributed by atoms with van der Waals surface area (Å²) in [5, 5.41) is 3.91. The van der Waals surface area contributed by atoms with E-state index in [0.717, 1.165) is 24.1 Å². The number of benzene rings is 1. The molecule has 1 saturated heterocycles. The van der Waals surface area contributed by atoms with E-state index in [2.05, 4.69) is 15.1 Å². The molecule has 3 heterocycles. The second kappa shape index (κ2) is 8.03. The molecule has 0 radical (unpaired) electrons. The Morgan fingerprint density at radius 3 is 2.79 bits per heavy atom. The number of likely N-dealkylation sites (tertiary alicyclic amines) is 1. The molecule has 7 heteroatoms. The van der Waals surface area contributed by atoms with Gasteiger partial charge in [-0.15, -0.1) is 0 Å². The molecule has 3 aromatic rings. The van der Waals surface area contributed by atoms with Crippen molar-refractivity contribution in [2.75, 3.05) is 6.54 Å². The first-order chi connectivity index (χ1) is 14.1. The fourth-order valence-corrected chi connectivity index (χ4v) is 3.81. The molecule has 1 fully saturated rings. The van der Waals surface area contributed by atoms with Crippen LogP contribution in [-0.4, -0.2) is 32.5 Å².